The first-order valence-corrected chi connectivity index (χ1v) is 12.8. The first-order valence-electron chi connectivity index (χ1n) is 12.8. The van der Waals surface area contributed by atoms with Crippen LogP contribution in [0, 0.1) is 45.3 Å². The number of ketones is 1. The highest BCUT2D eigenvalue weighted by Gasteiger charge is 2.68. The number of rotatable bonds is 2. The number of carbonyl (C=O) groups is 2. The molecule has 0 aromatic heterocycles. The Bertz CT molecular complexity index is 933. The van der Waals surface area contributed by atoms with Crippen LogP contribution in [0.5, 0.6) is 0 Å². The highest BCUT2D eigenvalue weighted by Crippen LogP contribution is 2.72. The Kier molecular flexibility index (Phi) is 5.13. The Morgan fingerprint density at radius 3 is 2.55 bits per heavy atom. The summed E-state index contributed by atoms with van der Waals surface area (Å²) in [6.07, 6.45) is 10.2. The summed E-state index contributed by atoms with van der Waals surface area (Å²) in [5.74, 6) is 1.06. The van der Waals surface area contributed by atoms with Crippen molar-refractivity contribution < 1.29 is 24.2 Å². The van der Waals surface area contributed by atoms with Crippen LogP contribution in [0.2, 0.25) is 0 Å². The number of aliphatic hydroxyl groups excluding tert-OH is 1. The summed E-state index contributed by atoms with van der Waals surface area (Å²) in [5, 5.41) is 10.0. The smallest absolute Gasteiger partial charge is 0.302 e. The maximum Gasteiger partial charge on any atom is 0.302 e. The fourth-order valence-corrected chi connectivity index (χ4v) is 9.53. The standard InChI is InChI=1S/C28H40O5/c1-16(29)33-19-14-28(6)20-8-7-18(17-13-23(31)32-15-17)26(20,4)11-9-21(28)27(5)12-10-22(30)25(2,3)24(19)27/h8,10,12,17-19,21,23-24,31H,7,9,11,13-15H2,1-6H3/t17-,18-,19-,21+,23?,24-,26-,27+,28-/m0/s1. The van der Waals surface area contributed by atoms with Gasteiger partial charge in [-0.05, 0) is 65.8 Å². The van der Waals surface area contributed by atoms with Crippen molar-refractivity contribution in [2.45, 2.75) is 86.0 Å². The van der Waals surface area contributed by atoms with Gasteiger partial charge in [0.15, 0.2) is 12.1 Å². The molecule has 1 unspecified atom stereocenters. The summed E-state index contributed by atoms with van der Waals surface area (Å²) >= 11 is 0. The van der Waals surface area contributed by atoms with Crippen LogP contribution in [0.25, 0.3) is 0 Å². The molecule has 1 saturated heterocycles. The second-order valence-electron chi connectivity index (χ2n) is 12.8. The van der Waals surface area contributed by atoms with Gasteiger partial charge in [-0.2, -0.15) is 0 Å². The third-order valence-corrected chi connectivity index (χ3v) is 10.7. The number of carbonyl (C=O) groups excluding carboxylic acids is 2. The minimum absolute atomic E-state index is 0.0370. The van der Waals surface area contributed by atoms with Gasteiger partial charge in [0.1, 0.15) is 6.10 Å². The SMILES string of the molecule is CC(=O)O[C@H]1C[C@@]2(C)C3=CC[C@@H]([C@@H]4COC(O)C4)[C@]3(C)CC[C@@H]2[C@@]2(C)C=CC(=O)C(C)(C)[C@H]12. The molecule has 1 N–H and O–H groups in total. The zero-order valence-corrected chi connectivity index (χ0v) is 21.0. The molecule has 2 saturated carbocycles. The monoisotopic (exact) mass is 456 g/mol. The van der Waals surface area contributed by atoms with Crippen LogP contribution in [-0.4, -0.2) is 35.9 Å². The van der Waals surface area contributed by atoms with Gasteiger partial charge in [0.05, 0.1) is 6.61 Å². The van der Waals surface area contributed by atoms with Crippen LogP contribution in [0.3, 0.4) is 0 Å². The first kappa shape index (κ1) is 23.3. The molecule has 9 atom stereocenters. The third-order valence-electron chi connectivity index (χ3n) is 10.7. The second-order valence-corrected chi connectivity index (χ2v) is 12.8. The van der Waals surface area contributed by atoms with Gasteiger partial charge >= 0.3 is 5.97 Å². The van der Waals surface area contributed by atoms with E-state index in [1.165, 1.54) is 12.5 Å². The molecule has 5 rings (SSSR count). The fraction of sp³-hybridized carbons (Fsp3) is 0.786. The number of ether oxygens (including phenoxy) is 2. The van der Waals surface area contributed by atoms with Crippen LogP contribution < -0.4 is 0 Å². The number of aliphatic hydroxyl groups is 1. The molecule has 3 fully saturated rings. The maximum atomic E-state index is 13.0. The first-order chi connectivity index (χ1) is 15.3. The summed E-state index contributed by atoms with van der Waals surface area (Å²) in [6.45, 7) is 13.3. The molecule has 0 radical (unpaired) electrons. The Morgan fingerprint density at radius 1 is 1.18 bits per heavy atom. The predicted octanol–water partition coefficient (Wildman–Crippen LogP) is 4.83. The lowest BCUT2D eigenvalue weighted by Crippen LogP contribution is -2.64. The fourth-order valence-electron chi connectivity index (χ4n) is 9.53. The van der Waals surface area contributed by atoms with Crippen LogP contribution >= 0.6 is 0 Å². The molecule has 5 aliphatic rings. The van der Waals surface area contributed by atoms with Crippen LogP contribution in [0.1, 0.15) is 73.6 Å². The Morgan fingerprint density at radius 2 is 1.91 bits per heavy atom. The van der Waals surface area contributed by atoms with E-state index in [9.17, 15) is 14.7 Å². The van der Waals surface area contributed by atoms with Gasteiger partial charge in [-0.15, -0.1) is 0 Å². The zero-order valence-electron chi connectivity index (χ0n) is 21.0. The summed E-state index contributed by atoms with van der Waals surface area (Å²) in [4.78, 5) is 25.2. The number of hydrogen-bond donors (Lipinski definition) is 1. The predicted molar refractivity (Wildman–Crippen MR) is 125 cm³/mol. The molecular formula is C28H40O5. The quantitative estimate of drug-likeness (QED) is 0.476. The molecule has 1 aliphatic heterocycles. The van der Waals surface area contributed by atoms with Crippen molar-refractivity contribution in [2.24, 2.45) is 45.3 Å². The summed E-state index contributed by atoms with van der Waals surface area (Å²) in [7, 11) is 0. The molecule has 0 amide bonds. The molecule has 1 heterocycles. The van der Waals surface area contributed by atoms with Crippen molar-refractivity contribution in [1.29, 1.82) is 0 Å². The molecule has 4 aliphatic carbocycles. The molecule has 0 spiro atoms. The lowest BCUT2D eigenvalue weighted by atomic mass is 9.38. The van der Waals surface area contributed by atoms with E-state index in [1.807, 2.05) is 13.8 Å². The Hall–Kier alpha value is -1.46. The van der Waals surface area contributed by atoms with Crippen molar-refractivity contribution in [3.8, 4) is 0 Å². The van der Waals surface area contributed by atoms with Gasteiger partial charge < -0.3 is 14.6 Å². The van der Waals surface area contributed by atoms with E-state index in [0.29, 0.717) is 24.4 Å². The van der Waals surface area contributed by atoms with Crippen LogP contribution in [-0.2, 0) is 19.1 Å². The topological polar surface area (TPSA) is 72.8 Å². The lowest BCUT2D eigenvalue weighted by molar-refractivity contribution is -0.188. The van der Waals surface area contributed by atoms with Crippen molar-refractivity contribution in [3.63, 3.8) is 0 Å². The van der Waals surface area contributed by atoms with Crippen molar-refractivity contribution in [1.82, 2.24) is 0 Å². The minimum Gasteiger partial charge on any atom is -0.462 e. The van der Waals surface area contributed by atoms with E-state index < -0.39 is 11.7 Å². The molecule has 0 bridgehead atoms. The second kappa shape index (κ2) is 7.27. The van der Waals surface area contributed by atoms with Gasteiger partial charge in [0.25, 0.3) is 0 Å². The number of allylic oxidation sites excluding steroid dienone is 4. The van der Waals surface area contributed by atoms with Gasteiger partial charge in [0.2, 0.25) is 0 Å². The van der Waals surface area contributed by atoms with Gasteiger partial charge in [0, 0.05) is 24.7 Å². The highest BCUT2D eigenvalue weighted by atomic mass is 16.6. The van der Waals surface area contributed by atoms with Crippen molar-refractivity contribution in [2.75, 3.05) is 6.61 Å². The molecular weight excluding hydrogens is 416 g/mol. The van der Waals surface area contributed by atoms with Gasteiger partial charge in [-0.3, -0.25) is 9.59 Å². The van der Waals surface area contributed by atoms with E-state index in [4.69, 9.17) is 9.47 Å². The third kappa shape index (κ3) is 3.10. The van der Waals surface area contributed by atoms with Gasteiger partial charge in [-0.1, -0.05) is 52.3 Å². The maximum absolute atomic E-state index is 13.0. The molecule has 0 aromatic carbocycles. The lowest BCUT2D eigenvalue weighted by Gasteiger charge is -2.66. The van der Waals surface area contributed by atoms with E-state index >= 15 is 0 Å². The Balaban J connectivity index is 1.57. The molecule has 182 valence electrons. The molecule has 0 aromatic rings. The van der Waals surface area contributed by atoms with E-state index in [2.05, 4.69) is 32.9 Å². The average Bonchev–Trinajstić information content (AvgIpc) is 3.27. The van der Waals surface area contributed by atoms with E-state index in [1.54, 1.807) is 6.08 Å². The number of esters is 1. The minimum atomic E-state index is -0.635. The Labute approximate surface area is 198 Å². The van der Waals surface area contributed by atoms with E-state index in [0.717, 1.165) is 32.1 Å². The molecule has 5 heteroatoms. The van der Waals surface area contributed by atoms with Gasteiger partial charge in [-0.25, -0.2) is 0 Å². The van der Waals surface area contributed by atoms with Crippen molar-refractivity contribution >= 4 is 11.8 Å². The van der Waals surface area contributed by atoms with E-state index in [-0.39, 0.29) is 40.0 Å². The molecule has 33 heavy (non-hydrogen) atoms. The number of hydrogen-bond acceptors (Lipinski definition) is 5. The van der Waals surface area contributed by atoms with Crippen LogP contribution in [0.4, 0.5) is 0 Å². The zero-order chi connectivity index (χ0) is 24.0. The summed E-state index contributed by atoms with van der Waals surface area (Å²) < 4.78 is 11.6. The largest absolute Gasteiger partial charge is 0.462 e. The summed E-state index contributed by atoms with van der Waals surface area (Å²) in [6, 6.07) is 0. The normalized spacial score (nSPS) is 50.3. The molecule has 5 nitrogen and oxygen atoms in total. The highest BCUT2D eigenvalue weighted by molar-refractivity contribution is 5.96. The summed E-state index contributed by atoms with van der Waals surface area (Å²) in [5.41, 5.74) is 0.674. The van der Waals surface area contributed by atoms with Crippen molar-refractivity contribution in [3.05, 3.63) is 23.8 Å². The van der Waals surface area contributed by atoms with Crippen LogP contribution in [0.15, 0.2) is 23.8 Å². The average molecular weight is 457 g/mol. The number of fused-ring (bicyclic) bond motifs is 5.